The van der Waals surface area contributed by atoms with E-state index in [4.69, 9.17) is 9.15 Å². The average Bonchev–Trinajstić information content (AvgIpc) is 3.17. The van der Waals surface area contributed by atoms with Gasteiger partial charge in [0.05, 0.1) is 11.2 Å². The van der Waals surface area contributed by atoms with E-state index in [2.05, 4.69) is 15.3 Å². The third-order valence-corrected chi connectivity index (χ3v) is 3.39. The standard InChI is InChI=1S/C17H14N4O5/c1-11(26-13-6-4-12(5-7-13)21(23)24)16(22)20-17-18-9-8-14(19-17)15-3-2-10-25-15/h2-11H,1H3,(H,18,19,20,22). The molecule has 9 nitrogen and oxygen atoms in total. The Morgan fingerprint density at radius 1 is 1.27 bits per heavy atom. The summed E-state index contributed by atoms with van der Waals surface area (Å²) in [5, 5.41) is 13.2. The minimum absolute atomic E-state index is 0.0578. The highest BCUT2D eigenvalue weighted by Crippen LogP contribution is 2.20. The van der Waals surface area contributed by atoms with Gasteiger partial charge < -0.3 is 9.15 Å². The quantitative estimate of drug-likeness (QED) is 0.533. The second kappa shape index (κ2) is 7.43. The van der Waals surface area contributed by atoms with Crippen LogP contribution in [0, 0.1) is 10.1 Å². The van der Waals surface area contributed by atoms with Crippen LogP contribution in [0.2, 0.25) is 0 Å². The Kier molecular flexibility index (Phi) is 4.88. The van der Waals surface area contributed by atoms with E-state index in [0.717, 1.165) is 0 Å². The number of anilines is 1. The summed E-state index contributed by atoms with van der Waals surface area (Å²) in [7, 11) is 0. The van der Waals surface area contributed by atoms with E-state index in [1.54, 1.807) is 25.1 Å². The number of carbonyl (C=O) groups excluding carboxylic acids is 1. The van der Waals surface area contributed by atoms with E-state index in [9.17, 15) is 14.9 Å². The van der Waals surface area contributed by atoms with Gasteiger partial charge >= 0.3 is 0 Å². The van der Waals surface area contributed by atoms with Crippen LogP contribution in [0.25, 0.3) is 11.5 Å². The van der Waals surface area contributed by atoms with Crippen molar-refractivity contribution in [2.45, 2.75) is 13.0 Å². The molecule has 0 aliphatic carbocycles. The lowest BCUT2D eigenvalue weighted by Gasteiger charge is -2.14. The van der Waals surface area contributed by atoms with Gasteiger partial charge in [-0.05, 0) is 37.3 Å². The summed E-state index contributed by atoms with van der Waals surface area (Å²) in [6.07, 6.45) is 2.17. The molecule has 0 fully saturated rings. The van der Waals surface area contributed by atoms with Crippen LogP contribution in [-0.4, -0.2) is 26.9 Å². The number of nitro groups is 1. The zero-order valence-electron chi connectivity index (χ0n) is 13.7. The van der Waals surface area contributed by atoms with E-state index in [1.165, 1.54) is 36.7 Å². The lowest BCUT2D eigenvalue weighted by Crippen LogP contribution is -2.30. The molecule has 0 saturated carbocycles. The average molecular weight is 354 g/mol. The molecule has 0 aliphatic heterocycles. The molecule has 0 saturated heterocycles. The smallest absolute Gasteiger partial charge is 0.269 e. The molecule has 2 aromatic heterocycles. The van der Waals surface area contributed by atoms with Gasteiger partial charge in [-0.2, -0.15) is 0 Å². The van der Waals surface area contributed by atoms with E-state index in [-0.39, 0.29) is 11.6 Å². The zero-order valence-corrected chi connectivity index (χ0v) is 13.7. The van der Waals surface area contributed by atoms with Crippen molar-refractivity contribution >= 4 is 17.5 Å². The van der Waals surface area contributed by atoms with Crippen molar-refractivity contribution in [2.24, 2.45) is 0 Å². The first-order chi connectivity index (χ1) is 12.5. The molecule has 1 N–H and O–H groups in total. The van der Waals surface area contributed by atoms with Crippen LogP contribution in [0.15, 0.2) is 59.3 Å². The van der Waals surface area contributed by atoms with Gasteiger partial charge in [0, 0.05) is 18.3 Å². The highest BCUT2D eigenvalue weighted by atomic mass is 16.6. The Labute approximate surface area is 147 Å². The molecule has 3 aromatic rings. The predicted molar refractivity (Wildman–Crippen MR) is 91.6 cm³/mol. The van der Waals surface area contributed by atoms with Crippen LogP contribution >= 0.6 is 0 Å². The van der Waals surface area contributed by atoms with Crippen LogP contribution in [0.1, 0.15) is 6.92 Å². The number of rotatable bonds is 6. The lowest BCUT2D eigenvalue weighted by atomic mass is 10.3. The topological polar surface area (TPSA) is 120 Å². The molecular weight excluding hydrogens is 340 g/mol. The van der Waals surface area contributed by atoms with Crippen molar-refractivity contribution in [3.05, 3.63) is 65.0 Å². The van der Waals surface area contributed by atoms with Crippen molar-refractivity contribution in [1.29, 1.82) is 0 Å². The third kappa shape index (κ3) is 4.01. The maximum absolute atomic E-state index is 12.2. The summed E-state index contributed by atoms with van der Waals surface area (Å²) in [6, 6.07) is 10.6. The van der Waals surface area contributed by atoms with Gasteiger partial charge in [0.2, 0.25) is 5.95 Å². The largest absolute Gasteiger partial charge is 0.481 e. The molecule has 1 aromatic carbocycles. The minimum Gasteiger partial charge on any atom is -0.481 e. The number of nitro benzene ring substituents is 1. The Morgan fingerprint density at radius 2 is 2.04 bits per heavy atom. The SMILES string of the molecule is CC(Oc1ccc([N+](=O)[O-])cc1)C(=O)Nc1nccc(-c2ccco2)n1. The van der Waals surface area contributed by atoms with Crippen molar-refractivity contribution < 1.29 is 18.9 Å². The summed E-state index contributed by atoms with van der Waals surface area (Å²) in [5.74, 6) is 0.546. The second-order valence-electron chi connectivity index (χ2n) is 5.24. The minimum atomic E-state index is -0.854. The maximum atomic E-state index is 12.2. The number of aromatic nitrogens is 2. The molecule has 132 valence electrons. The maximum Gasteiger partial charge on any atom is 0.269 e. The fraction of sp³-hybridized carbons (Fsp3) is 0.118. The first-order valence-electron chi connectivity index (χ1n) is 7.62. The fourth-order valence-electron chi connectivity index (χ4n) is 2.10. The van der Waals surface area contributed by atoms with Gasteiger partial charge in [-0.25, -0.2) is 9.97 Å². The van der Waals surface area contributed by atoms with E-state index < -0.39 is 16.9 Å². The molecule has 0 bridgehead atoms. The van der Waals surface area contributed by atoms with Crippen molar-refractivity contribution in [1.82, 2.24) is 9.97 Å². The molecule has 3 rings (SSSR count). The van der Waals surface area contributed by atoms with E-state index >= 15 is 0 Å². The number of benzene rings is 1. The van der Waals surface area contributed by atoms with Crippen molar-refractivity contribution in [3.8, 4) is 17.2 Å². The van der Waals surface area contributed by atoms with Crippen molar-refractivity contribution in [3.63, 3.8) is 0 Å². The number of nitrogens with one attached hydrogen (secondary N) is 1. The van der Waals surface area contributed by atoms with E-state index in [0.29, 0.717) is 17.2 Å². The van der Waals surface area contributed by atoms with Gasteiger partial charge in [0.1, 0.15) is 11.4 Å². The normalized spacial score (nSPS) is 11.6. The molecule has 0 aliphatic rings. The number of hydrogen-bond acceptors (Lipinski definition) is 7. The first kappa shape index (κ1) is 17.1. The number of ether oxygens (including phenoxy) is 1. The summed E-state index contributed by atoms with van der Waals surface area (Å²) in [5.41, 5.74) is 0.474. The Bertz CT molecular complexity index is 909. The van der Waals surface area contributed by atoms with Gasteiger partial charge in [-0.3, -0.25) is 20.2 Å². The van der Waals surface area contributed by atoms with Gasteiger partial charge in [-0.1, -0.05) is 0 Å². The van der Waals surface area contributed by atoms with Gasteiger partial charge in [0.15, 0.2) is 11.9 Å². The lowest BCUT2D eigenvalue weighted by molar-refractivity contribution is -0.384. The Hall–Kier alpha value is -3.75. The number of furan rings is 1. The van der Waals surface area contributed by atoms with Crippen LogP contribution < -0.4 is 10.1 Å². The van der Waals surface area contributed by atoms with Crippen molar-refractivity contribution in [2.75, 3.05) is 5.32 Å². The first-order valence-corrected chi connectivity index (χ1v) is 7.62. The highest BCUT2D eigenvalue weighted by molar-refractivity contribution is 5.92. The fourth-order valence-corrected chi connectivity index (χ4v) is 2.10. The number of nitrogens with zero attached hydrogens (tertiary/aromatic N) is 3. The molecule has 1 unspecified atom stereocenters. The molecule has 9 heteroatoms. The van der Waals surface area contributed by atoms with Crippen LogP contribution in [0.3, 0.4) is 0 Å². The number of carbonyl (C=O) groups is 1. The number of hydrogen-bond donors (Lipinski definition) is 1. The number of amides is 1. The molecule has 0 radical (unpaired) electrons. The highest BCUT2D eigenvalue weighted by Gasteiger charge is 2.17. The molecule has 1 atom stereocenters. The Balaban J connectivity index is 1.64. The zero-order chi connectivity index (χ0) is 18.5. The molecular formula is C17H14N4O5. The molecule has 0 spiro atoms. The monoisotopic (exact) mass is 354 g/mol. The summed E-state index contributed by atoms with van der Waals surface area (Å²) in [4.78, 5) is 30.6. The van der Waals surface area contributed by atoms with Gasteiger partial charge in [0.25, 0.3) is 11.6 Å². The van der Waals surface area contributed by atoms with E-state index in [1.807, 2.05) is 0 Å². The molecule has 26 heavy (non-hydrogen) atoms. The summed E-state index contributed by atoms with van der Waals surface area (Å²) in [6.45, 7) is 1.55. The van der Waals surface area contributed by atoms with Crippen LogP contribution in [0.4, 0.5) is 11.6 Å². The molecule has 1 amide bonds. The number of non-ortho nitro benzene ring substituents is 1. The van der Waals surface area contributed by atoms with Gasteiger partial charge in [-0.15, -0.1) is 0 Å². The third-order valence-electron chi connectivity index (χ3n) is 3.39. The Morgan fingerprint density at radius 3 is 2.69 bits per heavy atom. The summed E-state index contributed by atoms with van der Waals surface area (Å²) < 4.78 is 10.7. The second-order valence-corrected chi connectivity index (χ2v) is 5.24. The van der Waals surface area contributed by atoms with Crippen LogP contribution in [-0.2, 0) is 4.79 Å². The summed E-state index contributed by atoms with van der Waals surface area (Å²) >= 11 is 0. The molecule has 2 heterocycles. The predicted octanol–water partition coefficient (Wildman–Crippen LogP) is 3.05. The van der Waals surface area contributed by atoms with Crippen LogP contribution in [0.5, 0.6) is 5.75 Å².